The zero-order valence-corrected chi connectivity index (χ0v) is 21.3. The minimum absolute atomic E-state index is 0.117. The van der Waals surface area contributed by atoms with Gasteiger partial charge in [0, 0.05) is 28.6 Å². The van der Waals surface area contributed by atoms with E-state index in [0.29, 0.717) is 47.3 Å². The molecule has 9 nitrogen and oxygen atoms in total. The second-order valence-corrected chi connectivity index (χ2v) is 10.9. The molecular weight excluding hydrogens is 514 g/mol. The van der Waals surface area contributed by atoms with Crippen molar-refractivity contribution >= 4 is 39.3 Å². The number of anilines is 1. The van der Waals surface area contributed by atoms with E-state index in [1.54, 1.807) is 48.5 Å². The Bertz CT molecular complexity index is 1430. The lowest BCUT2D eigenvalue weighted by Crippen LogP contribution is -2.40. The van der Waals surface area contributed by atoms with E-state index in [2.05, 4.69) is 11.4 Å². The molecule has 1 saturated heterocycles. The van der Waals surface area contributed by atoms with Gasteiger partial charge in [-0.1, -0.05) is 36.0 Å². The van der Waals surface area contributed by atoms with Gasteiger partial charge in [-0.15, -0.1) is 0 Å². The van der Waals surface area contributed by atoms with E-state index >= 15 is 0 Å². The molecule has 0 aromatic heterocycles. The van der Waals surface area contributed by atoms with Gasteiger partial charge in [-0.3, -0.25) is 4.79 Å². The number of nitrogens with zero attached hydrogens (tertiary/aromatic N) is 2. The average molecular weight is 538 g/mol. The number of morpholine rings is 1. The number of esters is 1. The van der Waals surface area contributed by atoms with Crippen LogP contribution < -0.4 is 5.32 Å². The summed E-state index contributed by atoms with van der Waals surface area (Å²) in [5.74, 6) is -1.25. The van der Waals surface area contributed by atoms with E-state index in [9.17, 15) is 23.3 Å². The van der Waals surface area contributed by atoms with Crippen LogP contribution >= 0.6 is 11.8 Å². The summed E-state index contributed by atoms with van der Waals surface area (Å²) in [5, 5.41) is 11.9. The summed E-state index contributed by atoms with van der Waals surface area (Å²) in [6, 6.07) is 21.7. The lowest BCUT2D eigenvalue weighted by atomic mass is 10.2. The maximum Gasteiger partial charge on any atom is 0.339 e. The smallest absolute Gasteiger partial charge is 0.339 e. The van der Waals surface area contributed by atoms with Crippen molar-refractivity contribution in [3.05, 3.63) is 83.9 Å². The lowest BCUT2D eigenvalue weighted by Gasteiger charge is -2.26. The third-order valence-electron chi connectivity index (χ3n) is 5.41. The van der Waals surface area contributed by atoms with E-state index in [4.69, 9.17) is 9.47 Å². The van der Waals surface area contributed by atoms with Crippen LogP contribution in [0.1, 0.15) is 15.9 Å². The highest BCUT2D eigenvalue weighted by Crippen LogP contribution is 2.33. The van der Waals surface area contributed by atoms with Gasteiger partial charge >= 0.3 is 5.97 Å². The number of nitrogens with one attached hydrogen (secondary N) is 1. The average Bonchev–Trinajstić information content (AvgIpc) is 2.93. The van der Waals surface area contributed by atoms with Crippen LogP contribution in [0.3, 0.4) is 0 Å². The highest BCUT2D eigenvalue weighted by atomic mass is 32.2. The Hall–Kier alpha value is -3.69. The highest BCUT2D eigenvalue weighted by molar-refractivity contribution is 7.99. The van der Waals surface area contributed by atoms with Crippen LogP contribution in [0.5, 0.6) is 0 Å². The molecule has 1 amide bonds. The SMILES string of the molecule is N#Cc1ccccc1Sc1ccccc1C(=O)OCC(=O)Nc1ccc(S(=O)(=O)N2CCOCC2)cc1. The Labute approximate surface area is 219 Å². The van der Waals surface area contributed by atoms with E-state index in [-0.39, 0.29) is 10.5 Å². The molecule has 3 aromatic rings. The summed E-state index contributed by atoms with van der Waals surface area (Å²) in [6.07, 6.45) is 0. The number of carbonyl (C=O) groups excluding carboxylic acids is 2. The van der Waals surface area contributed by atoms with Gasteiger partial charge in [-0.05, 0) is 48.5 Å². The Kier molecular flexibility index (Phi) is 8.58. The molecule has 1 aliphatic heterocycles. The molecule has 4 rings (SSSR count). The molecule has 0 spiro atoms. The summed E-state index contributed by atoms with van der Waals surface area (Å²) in [4.78, 5) is 26.5. The minimum Gasteiger partial charge on any atom is -0.452 e. The third-order valence-corrected chi connectivity index (χ3v) is 8.48. The fraction of sp³-hybridized carbons (Fsp3) is 0.192. The summed E-state index contributed by atoms with van der Waals surface area (Å²) in [6.45, 7) is 0.753. The fourth-order valence-electron chi connectivity index (χ4n) is 3.54. The number of ether oxygens (including phenoxy) is 2. The van der Waals surface area contributed by atoms with Gasteiger partial charge in [-0.2, -0.15) is 9.57 Å². The standard InChI is InChI=1S/C26H23N3O6S2/c27-17-19-5-1-3-7-23(19)36-24-8-4-2-6-22(24)26(31)35-18-25(30)28-20-9-11-21(12-10-20)37(32,33)29-13-15-34-16-14-29/h1-12H,13-16,18H2,(H,28,30). The molecular formula is C26H23N3O6S2. The second kappa shape index (κ2) is 12.0. The van der Waals surface area contributed by atoms with E-state index < -0.39 is 28.5 Å². The fourth-order valence-corrected chi connectivity index (χ4v) is 5.97. The largest absolute Gasteiger partial charge is 0.452 e. The van der Waals surface area contributed by atoms with Crippen LogP contribution in [0.2, 0.25) is 0 Å². The summed E-state index contributed by atoms with van der Waals surface area (Å²) in [5.41, 5.74) is 1.12. The molecule has 37 heavy (non-hydrogen) atoms. The topological polar surface area (TPSA) is 126 Å². The molecule has 0 atom stereocenters. The number of hydrogen-bond acceptors (Lipinski definition) is 8. The molecule has 3 aromatic carbocycles. The van der Waals surface area contributed by atoms with Crippen LogP contribution in [0.25, 0.3) is 0 Å². The first kappa shape index (κ1) is 26.4. The first-order valence-corrected chi connectivity index (χ1v) is 13.5. The van der Waals surface area contributed by atoms with Crippen LogP contribution in [-0.4, -0.2) is 57.5 Å². The number of carbonyl (C=O) groups is 2. The van der Waals surface area contributed by atoms with Crippen molar-refractivity contribution in [2.24, 2.45) is 0 Å². The van der Waals surface area contributed by atoms with Crippen LogP contribution in [0.4, 0.5) is 5.69 Å². The summed E-state index contributed by atoms with van der Waals surface area (Å²) < 4.78 is 37.2. The zero-order valence-electron chi connectivity index (χ0n) is 19.6. The van der Waals surface area contributed by atoms with Gasteiger partial charge in [0.25, 0.3) is 5.91 Å². The molecule has 1 heterocycles. The first-order valence-electron chi connectivity index (χ1n) is 11.3. The molecule has 0 unspecified atom stereocenters. The summed E-state index contributed by atoms with van der Waals surface area (Å²) in [7, 11) is -3.64. The van der Waals surface area contributed by atoms with Gasteiger partial charge in [0.2, 0.25) is 10.0 Å². The number of sulfonamides is 1. The normalized spacial score (nSPS) is 13.9. The van der Waals surface area contributed by atoms with Crippen molar-refractivity contribution in [2.45, 2.75) is 14.7 Å². The Morgan fingerprint density at radius 3 is 2.32 bits per heavy atom. The molecule has 1 aliphatic rings. The van der Waals surface area contributed by atoms with Gasteiger partial charge in [0.15, 0.2) is 6.61 Å². The molecule has 1 fully saturated rings. The van der Waals surface area contributed by atoms with Crippen molar-refractivity contribution in [3.63, 3.8) is 0 Å². The van der Waals surface area contributed by atoms with Gasteiger partial charge in [0.1, 0.15) is 6.07 Å². The maximum absolute atomic E-state index is 12.7. The Morgan fingerprint density at radius 2 is 1.62 bits per heavy atom. The molecule has 1 N–H and O–H groups in total. The van der Waals surface area contributed by atoms with E-state index in [1.807, 2.05) is 0 Å². The van der Waals surface area contributed by atoms with Gasteiger partial charge < -0.3 is 14.8 Å². The summed E-state index contributed by atoms with van der Waals surface area (Å²) >= 11 is 1.26. The molecule has 11 heteroatoms. The Morgan fingerprint density at radius 1 is 0.973 bits per heavy atom. The molecule has 0 bridgehead atoms. The number of nitriles is 1. The molecule has 0 aliphatic carbocycles. The van der Waals surface area contributed by atoms with Crippen molar-refractivity contribution in [1.82, 2.24) is 4.31 Å². The van der Waals surface area contributed by atoms with E-state index in [0.717, 1.165) is 0 Å². The number of rotatable bonds is 8. The van der Waals surface area contributed by atoms with Gasteiger partial charge in [-0.25, -0.2) is 13.2 Å². The van der Waals surface area contributed by atoms with Crippen molar-refractivity contribution in [1.29, 1.82) is 5.26 Å². The predicted octanol–water partition coefficient (Wildman–Crippen LogP) is 3.53. The Balaban J connectivity index is 1.35. The quantitative estimate of drug-likeness (QED) is 0.433. The number of benzene rings is 3. The van der Waals surface area contributed by atoms with Crippen LogP contribution in [-0.2, 0) is 24.3 Å². The van der Waals surface area contributed by atoms with Crippen LogP contribution in [0, 0.1) is 11.3 Å². The van der Waals surface area contributed by atoms with Crippen molar-refractivity contribution < 1.29 is 27.5 Å². The van der Waals surface area contributed by atoms with Crippen LogP contribution in [0.15, 0.2) is 87.5 Å². The number of amides is 1. The molecule has 190 valence electrons. The maximum atomic E-state index is 12.7. The van der Waals surface area contributed by atoms with Crippen molar-refractivity contribution in [3.8, 4) is 6.07 Å². The predicted molar refractivity (Wildman–Crippen MR) is 137 cm³/mol. The zero-order chi connectivity index (χ0) is 26.3. The third kappa shape index (κ3) is 6.55. The first-order chi connectivity index (χ1) is 17.9. The lowest BCUT2D eigenvalue weighted by molar-refractivity contribution is -0.119. The molecule has 0 saturated carbocycles. The highest BCUT2D eigenvalue weighted by Gasteiger charge is 2.26. The molecule has 0 radical (unpaired) electrons. The van der Waals surface area contributed by atoms with Crippen molar-refractivity contribution in [2.75, 3.05) is 38.2 Å². The number of hydrogen-bond donors (Lipinski definition) is 1. The monoisotopic (exact) mass is 537 g/mol. The minimum atomic E-state index is -3.64. The van der Waals surface area contributed by atoms with Gasteiger partial charge in [0.05, 0.1) is 29.2 Å². The van der Waals surface area contributed by atoms with E-state index in [1.165, 1.54) is 40.3 Å². The second-order valence-electron chi connectivity index (χ2n) is 7.87.